The van der Waals surface area contributed by atoms with E-state index in [0.717, 1.165) is 45.9 Å². The standard InChI is InChI=1S/C39H48N4O4/c1-27(39-22-29-18-30(23-39)20-31(19-29)24-39)43-37(45)15-14-36(44)40-16-5-17-47-35-12-9-32(10-13-35)33-8-11-34(41-26-33)21-38(46)42-25-28-6-3-2-4-7-28/h2-4,6-13,26-27,29-31H,5,14-25H2,1H3,(H,40,44)(H,42,46)(H,43,45). The fourth-order valence-electron chi connectivity index (χ4n) is 8.45. The Bertz CT molecular complexity index is 1470. The summed E-state index contributed by atoms with van der Waals surface area (Å²) in [6, 6.07) is 21.7. The van der Waals surface area contributed by atoms with Crippen molar-refractivity contribution in [2.24, 2.45) is 23.2 Å². The van der Waals surface area contributed by atoms with Gasteiger partial charge in [0.2, 0.25) is 17.7 Å². The molecule has 1 aromatic heterocycles. The molecule has 4 fully saturated rings. The lowest BCUT2D eigenvalue weighted by Crippen LogP contribution is -2.55. The molecule has 3 N–H and O–H groups in total. The second-order valence-electron chi connectivity index (χ2n) is 14.1. The lowest BCUT2D eigenvalue weighted by molar-refractivity contribution is -0.129. The van der Waals surface area contributed by atoms with Crippen molar-refractivity contribution in [3.8, 4) is 16.9 Å². The SMILES string of the molecule is CC(NC(=O)CCC(=O)NCCCOc1ccc(-c2ccc(CC(=O)NCc3ccccc3)nc2)cc1)C12CC3CC(CC(C3)C1)C2. The van der Waals surface area contributed by atoms with Gasteiger partial charge >= 0.3 is 0 Å². The summed E-state index contributed by atoms with van der Waals surface area (Å²) in [5, 5.41) is 9.11. The zero-order valence-electron chi connectivity index (χ0n) is 27.5. The van der Waals surface area contributed by atoms with Crippen LogP contribution in [0.2, 0.25) is 0 Å². The molecule has 0 radical (unpaired) electrons. The Morgan fingerprint density at radius 3 is 2.13 bits per heavy atom. The number of pyridine rings is 1. The summed E-state index contributed by atoms with van der Waals surface area (Å²) >= 11 is 0. The topological polar surface area (TPSA) is 109 Å². The summed E-state index contributed by atoms with van der Waals surface area (Å²) in [5.41, 5.74) is 4.03. The first-order chi connectivity index (χ1) is 22.8. The maximum Gasteiger partial charge on any atom is 0.226 e. The van der Waals surface area contributed by atoms with Crippen molar-refractivity contribution >= 4 is 17.7 Å². The summed E-state index contributed by atoms with van der Waals surface area (Å²) in [6.45, 7) is 3.67. The van der Waals surface area contributed by atoms with Crippen LogP contribution in [0.3, 0.4) is 0 Å². The molecule has 248 valence electrons. The van der Waals surface area contributed by atoms with Crippen LogP contribution >= 0.6 is 0 Å². The number of hydrogen-bond donors (Lipinski definition) is 3. The van der Waals surface area contributed by atoms with Crippen LogP contribution < -0.4 is 20.7 Å². The number of rotatable bonds is 15. The number of amides is 3. The molecule has 7 rings (SSSR count). The molecule has 1 heterocycles. The highest BCUT2D eigenvalue weighted by Gasteiger charge is 2.53. The van der Waals surface area contributed by atoms with E-state index >= 15 is 0 Å². The zero-order chi connectivity index (χ0) is 32.6. The molecule has 47 heavy (non-hydrogen) atoms. The Balaban J connectivity index is 0.837. The lowest BCUT2D eigenvalue weighted by Gasteiger charge is -2.59. The van der Waals surface area contributed by atoms with Crippen molar-refractivity contribution < 1.29 is 19.1 Å². The summed E-state index contributed by atoms with van der Waals surface area (Å²) in [5.74, 6) is 3.15. The first kappa shape index (κ1) is 32.7. The van der Waals surface area contributed by atoms with Crippen LogP contribution in [0, 0.1) is 23.2 Å². The van der Waals surface area contributed by atoms with E-state index in [-0.39, 0.29) is 48.4 Å². The Hall–Kier alpha value is -4.20. The second-order valence-corrected chi connectivity index (χ2v) is 14.1. The van der Waals surface area contributed by atoms with E-state index in [1.807, 2.05) is 66.7 Å². The minimum atomic E-state index is -0.0978. The van der Waals surface area contributed by atoms with Crippen LogP contribution in [0.4, 0.5) is 0 Å². The van der Waals surface area contributed by atoms with E-state index in [4.69, 9.17) is 4.74 Å². The third-order valence-electron chi connectivity index (χ3n) is 10.6. The molecular formula is C39H48N4O4. The van der Waals surface area contributed by atoms with Crippen molar-refractivity contribution in [2.45, 2.75) is 83.7 Å². The lowest BCUT2D eigenvalue weighted by atomic mass is 9.48. The van der Waals surface area contributed by atoms with Crippen molar-refractivity contribution in [3.05, 3.63) is 84.2 Å². The highest BCUT2D eigenvalue weighted by atomic mass is 16.5. The molecule has 1 atom stereocenters. The molecular weight excluding hydrogens is 588 g/mol. The highest BCUT2D eigenvalue weighted by Crippen LogP contribution is 2.61. The van der Waals surface area contributed by atoms with Gasteiger partial charge in [-0.05, 0) is 104 Å². The fourth-order valence-corrected chi connectivity index (χ4v) is 8.45. The van der Waals surface area contributed by atoms with E-state index in [1.54, 1.807) is 6.20 Å². The third-order valence-corrected chi connectivity index (χ3v) is 10.6. The zero-order valence-corrected chi connectivity index (χ0v) is 27.5. The average Bonchev–Trinajstić information content (AvgIpc) is 3.07. The number of aromatic nitrogens is 1. The van der Waals surface area contributed by atoms with Gasteiger partial charge in [-0.2, -0.15) is 0 Å². The van der Waals surface area contributed by atoms with Gasteiger partial charge in [-0.3, -0.25) is 19.4 Å². The van der Waals surface area contributed by atoms with Gasteiger partial charge in [0.1, 0.15) is 5.75 Å². The maximum atomic E-state index is 12.7. The number of nitrogens with one attached hydrogen (secondary N) is 3. The Morgan fingerprint density at radius 2 is 1.47 bits per heavy atom. The summed E-state index contributed by atoms with van der Waals surface area (Å²) in [7, 11) is 0. The van der Waals surface area contributed by atoms with Crippen LogP contribution in [-0.2, 0) is 27.3 Å². The van der Waals surface area contributed by atoms with Crippen molar-refractivity contribution in [1.29, 1.82) is 0 Å². The van der Waals surface area contributed by atoms with Gasteiger partial charge in [-0.1, -0.05) is 48.5 Å². The maximum absolute atomic E-state index is 12.7. The molecule has 0 spiro atoms. The van der Waals surface area contributed by atoms with Gasteiger partial charge in [0, 0.05) is 49.4 Å². The third kappa shape index (κ3) is 8.79. The van der Waals surface area contributed by atoms with Crippen LogP contribution in [0.5, 0.6) is 5.75 Å². The fraction of sp³-hybridized carbons (Fsp3) is 0.487. The smallest absolute Gasteiger partial charge is 0.226 e. The molecule has 4 bridgehead atoms. The Morgan fingerprint density at radius 1 is 0.809 bits per heavy atom. The minimum absolute atomic E-state index is 0.0103. The number of carbonyl (C=O) groups is 3. The molecule has 3 aromatic rings. The number of nitrogens with zero attached hydrogens (tertiary/aromatic N) is 1. The predicted octanol–water partition coefficient (Wildman–Crippen LogP) is 5.99. The molecule has 4 aliphatic rings. The van der Waals surface area contributed by atoms with Gasteiger partial charge in [0.25, 0.3) is 0 Å². The monoisotopic (exact) mass is 636 g/mol. The molecule has 2 aromatic carbocycles. The highest BCUT2D eigenvalue weighted by molar-refractivity contribution is 5.83. The molecule has 0 saturated heterocycles. The van der Waals surface area contributed by atoms with Crippen molar-refractivity contribution in [2.75, 3.05) is 13.2 Å². The predicted molar refractivity (Wildman–Crippen MR) is 182 cm³/mol. The van der Waals surface area contributed by atoms with Crippen LogP contribution in [0.25, 0.3) is 11.1 Å². The van der Waals surface area contributed by atoms with Crippen LogP contribution in [0.1, 0.15) is 76.0 Å². The van der Waals surface area contributed by atoms with Gasteiger partial charge in [-0.25, -0.2) is 0 Å². The first-order valence-corrected chi connectivity index (χ1v) is 17.4. The largest absolute Gasteiger partial charge is 0.494 e. The molecule has 3 amide bonds. The summed E-state index contributed by atoms with van der Waals surface area (Å²) in [6.07, 6.45) is 11.1. The minimum Gasteiger partial charge on any atom is -0.494 e. The Labute approximate surface area is 278 Å². The molecule has 8 heteroatoms. The normalized spacial score (nSPS) is 23.1. The van der Waals surface area contributed by atoms with Gasteiger partial charge < -0.3 is 20.7 Å². The number of hydrogen-bond acceptors (Lipinski definition) is 5. The van der Waals surface area contributed by atoms with Gasteiger partial charge in [-0.15, -0.1) is 0 Å². The van der Waals surface area contributed by atoms with E-state index < -0.39 is 0 Å². The van der Waals surface area contributed by atoms with Gasteiger partial charge in [0.05, 0.1) is 13.0 Å². The van der Waals surface area contributed by atoms with Gasteiger partial charge in [0.15, 0.2) is 0 Å². The van der Waals surface area contributed by atoms with E-state index in [9.17, 15) is 14.4 Å². The number of benzene rings is 2. The second kappa shape index (κ2) is 15.1. The quantitative estimate of drug-likeness (QED) is 0.178. The first-order valence-electron chi connectivity index (χ1n) is 17.4. The van der Waals surface area contributed by atoms with Crippen molar-refractivity contribution in [3.63, 3.8) is 0 Å². The molecule has 4 saturated carbocycles. The molecule has 1 unspecified atom stereocenters. The Kier molecular flexibility index (Phi) is 10.5. The summed E-state index contributed by atoms with van der Waals surface area (Å²) in [4.78, 5) is 41.8. The van der Waals surface area contributed by atoms with E-state index in [0.29, 0.717) is 26.1 Å². The van der Waals surface area contributed by atoms with Crippen molar-refractivity contribution in [1.82, 2.24) is 20.9 Å². The number of carbonyl (C=O) groups excluding carboxylic acids is 3. The summed E-state index contributed by atoms with van der Waals surface area (Å²) < 4.78 is 5.86. The van der Waals surface area contributed by atoms with E-state index in [1.165, 1.54) is 38.5 Å². The average molecular weight is 637 g/mol. The van der Waals surface area contributed by atoms with Crippen LogP contribution in [0.15, 0.2) is 72.9 Å². The number of ether oxygens (including phenoxy) is 1. The molecule has 0 aliphatic heterocycles. The van der Waals surface area contributed by atoms with E-state index in [2.05, 4.69) is 27.9 Å². The van der Waals surface area contributed by atoms with Crippen LogP contribution in [-0.4, -0.2) is 41.9 Å². The molecule has 8 nitrogen and oxygen atoms in total. The molecule has 4 aliphatic carbocycles.